The van der Waals surface area contributed by atoms with E-state index >= 15 is 0 Å². The molecule has 1 aromatic rings. The summed E-state index contributed by atoms with van der Waals surface area (Å²) in [7, 11) is 0. The van der Waals surface area contributed by atoms with Crippen molar-refractivity contribution in [3.05, 3.63) is 18.7 Å². The smallest absolute Gasteiger partial charge is 0.326 e. The lowest BCUT2D eigenvalue weighted by molar-refractivity contribution is -0.139. The zero-order valence-corrected chi connectivity index (χ0v) is 8.83. The molecule has 0 fully saturated rings. The van der Waals surface area contributed by atoms with Crippen molar-refractivity contribution in [1.82, 2.24) is 15.3 Å². The van der Waals surface area contributed by atoms with Gasteiger partial charge in [-0.05, 0) is 0 Å². The molecule has 0 spiro atoms. The molecule has 17 heavy (non-hydrogen) atoms. The third-order valence-corrected chi connectivity index (χ3v) is 1.84. The molecule has 0 saturated carbocycles. The Bertz CT molecular complexity index is 384. The Balaban J connectivity index is 2.51. The first-order valence-electron chi connectivity index (χ1n) is 4.79. The minimum atomic E-state index is -1.21. The van der Waals surface area contributed by atoms with E-state index in [0.717, 1.165) is 0 Å². The third kappa shape index (κ3) is 4.43. The predicted octanol–water partition coefficient (Wildman–Crippen LogP) is -0.566. The number of carboxylic acid groups (broad SMARTS) is 1. The Labute approximate surface area is 96.7 Å². The second-order valence-corrected chi connectivity index (χ2v) is 3.13. The number of carboxylic acids is 1. The van der Waals surface area contributed by atoms with E-state index in [2.05, 4.69) is 20.6 Å². The number of carbonyl (C=O) groups excluding carboxylic acids is 1. The number of amides is 2. The molecule has 1 aromatic heterocycles. The fourth-order valence-corrected chi connectivity index (χ4v) is 1.08. The van der Waals surface area contributed by atoms with Crippen LogP contribution in [0.3, 0.4) is 0 Å². The maximum absolute atomic E-state index is 11.4. The van der Waals surface area contributed by atoms with Gasteiger partial charge in [0.1, 0.15) is 12.4 Å². The molecular weight excluding hydrogens is 228 g/mol. The maximum Gasteiger partial charge on any atom is 0.326 e. The lowest BCUT2D eigenvalue weighted by Crippen LogP contribution is -2.43. The summed E-state index contributed by atoms with van der Waals surface area (Å²) in [4.78, 5) is 29.4. The zero-order valence-electron chi connectivity index (χ0n) is 8.83. The molecule has 8 heteroatoms. The van der Waals surface area contributed by atoms with E-state index in [1.54, 1.807) is 0 Å². The van der Waals surface area contributed by atoms with Gasteiger partial charge in [-0.25, -0.2) is 19.6 Å². The Morgan fingerprint density at radius 2 is 2.00 bits per heavy atom. The van der Waals surface area contributed by atoms with E-state index in [1.807, 2.05) is 0 Å². The molecule has 0 aliphatic heterocycles. The van der Waals surface area contributed by atoms with Gasteiger partial charge in [-0.1, -0.05) is 0 Å². The van der Waals surface area contributed by atoms with Crippen LogP contribution in [0.2, 0.25) is 0 Å². The van der Waals surface area contributed by atoms with Gasteiger partial charge in [-0.2, -0.15) is 0 Å². The average molecular weight is 240 g/mol. The van der Waals surface area contributed by atoms with Gasteiger partial charge < -0.3 is 20.8 Å². The van der Waals surface area contributed by atoms with Crippen LogP contribution in [-0.2, 0) is 4.79 Å². The number of aliphatic hydroxyl groups excluding tert-OH is 1. The number of nitrogens with one attached hydrogen (secondary N) is 2. The van der Waals surface area contributed by atoms with Crippen molar-refractivity contribution >= 4 is 17.7 Å². The molecule has 0 radical (unpaired) electrons. The fraction of sp³-hybridized carbons (Fsp3) is 0.333. The Kier molecular flexibility index (Phi) is 4.82. The highest BCUT2D eigenvalue weighted by atomic mass is 16.4. The summed E-state index contributed by atoms with van der Waals surface area (Å²) in [5.41, 5.74) is 0.345. The van der Waals surface area contributed by atoms with Crippen LogP contribution >= 0.6 is 0 Å². The number of anilines is 1. The largest absolute Gasteiger partial charge is 0.480 e. The maximum atomic E-state index is 11.4. The minimum Gasteiger partial charge on any atom is -0.480 e. The van der Waals surface area contributed by atoms with Gasteiger partial charge >= 0.3 is 12.0 Å². The molecule has 1 rings (SSSR count). The summed E-state index contributed by atoms with van der Waals surface area (Å²) in [5.74, 6) is -1.21. The van der Waals surface area contributed by atoms with E-state index < -0.39 is 18.0 Å². The van der Waals surface area contributed by atoms with Crippen LogP contribution in [0, 0.1) is 0 Å². The molecule has 4 N–H and O–H groups in total. The average Bonchev–Trinajstić information content (AvgIpc) is 2.29. The van der Waals surface area contributed by atoms with Gasteiger partial charge in [0, 0.05) is 13.0 Å². The summed E-state index contributed by atoms with van der Waals surface area (Å²) >= 11 is 0. The van der Waals surface area contributed by atoms with Crippen LogP contribution in [0.5, 0.6) is 0 Å². The number of rotatable bonds is 5. The molecule has 0 aromatic carbocycles. The van der Waals surface area contributed by atoms with Crippen LogP contribution in [0.15, 0.2) is 18.7 Å². The number of hydrogen-bond donors (Lipinski definition) is 4. The summed E-state index contributed by atoms with van der Waals surface area (Å²) in [6.07, 6.45) is 3.98. The van der Waals surface area contributed by atoms with Crippen LogP contribution in [0.4, 0.5) is 10.5 Å². The number of hydrogen-bond acceptors (Lipinski definition) is 5. The fourth-order valence-electron chi connectivity index (χ4n) is 1.08. The SMILES string of the molecule is O=C(Nc1cncnc1)N[C@@H](CCO)C(=O)O. The van der Waals surface area contributed by atoms with Gasteiger partial charge in [0.25, 0.3) is 0 Å². The van der Waals surface area contributed by atoms with Gasteiger partial charge in [0.15, 0.2) is 0 Å². The van der Waals surface area contributed by atoms with Crippen LogP contribution < -0.4 is 10.6 Å². The molecule has 92 valence electrons. The van der Waals surface area contributed by atoms with Gasteiger partial charge in [-0.15, -0.1) is 0 Å². The molecule has 2 amide bonds. The number of aliphatic carboxylic acids is 1. The van der Waals surface area contributed by atoms with Crippen molar-refractivity contribution in [2.75, 3.05) is 11.9 Å². The summed E-state index contributed by atoms with van der Waals surface area (Å²) < 4.78 is 0. The Morgan fingerprint density at radius 3 is 2.53 bits per heavy atom. The normalized spacial score (nSPS) is 11.6. The second-order valence-electron chi connectivity index (χ2n) is 3.13. The molecule has 0 aliphatic rings. The molecule has 1 atom stereocenters. The summed E-state index contributed by atoms with van der Waals surface area (Å²) in [5, 5.41) is 21.9. The van der Waals surface area contributed by atoms with E-state index in [0.29, 0.717) is 5.69 Å². The molecule has 0 bridgehead atoms. The summed E-state index contributed by atoms with van der Waals surface area (Å²) in [6.45, 7) is -0.328. The van der Waals surface area contributed by atoms with E-state index in [-0.39, 0.29) is 13.0 Å². The predicted molar refractivity (Wildman–Crippen MR) is 57.3 cm³/mol. The highest BCUT2D eigenvalue weighted by molar-refractivity contribution is 5.91. The van der Waals surface area contributed by atoms with Crippen molar-refractivity contribution in [2.45, 2.75) is 12.5 Å². The number of aromatic nitrogens is 2. The first kappa shape index (κ1) is 12.8. The highest BCUT2D eigenvalue weighted by Gasteiger charge is 2.19. The molecule has 0 saturated heterocycles. The van der Waals surface area contributed by atoms with E-state index in [9.17, 15) is 9.59 Å². The molecule has 0 aliphatic carbocycles. The van der Waals surface area contributed by atoms with Crippen molar-refractivity contribution < 1.29 is 19.8 Å². The zero-order chi connectivity index (χ0) is 12.7. The highest BCUT2D eigenvalue weighted by Crippen LogP contribution is 2.00. The molecular formula is C9H12N4O4. The van der Waals surface area contributed by atoms with Crippen molar-refractivity contribution in [1.29, 1.82) is 0 Å². The first-order chi connectivity index (χ1) is 8.13. The number of carbonyl (C=O) groups is 2. The monoisotopic (exact) mass is 240 g/mol. The van der Waals surface area contributed by atoms with Gasteiger partial charge in [0.2, 0.25) is 0 Å². The van der Waals surface area contributed by atoms with E-state index in [1.165, 1.54) is 18.7 Å². The molecule has 0 unspecified atom stereocenters. The number of urea groups is 1. The standard InChI is InChI=1S/C9H12N4O4/c14-2-1-7(8(15)16)13-9(17)12-6-3-10-5-11-4-6/h3-5,7,14H,1-2H2,(H,15,16)(H2,12,13,17)/t7-/m0/s1. The quantitative estimate of drug-likeness (QED) is 0.546. The first-order valence-corrected chi connectivity index (χ1v) is 4.79. The second kappa shape index (κ2) is 6.38. The Morgan fingerprint density at radius 1 is 1.35 bits per heavy atom. The lowest BCUT2D eigenvalue weighted by atomic mass is 10.2. The van der Waals surface area contributed by atoms with E-state index in [4.69, 9.17) is 10.2 Å². The molecule has 8 nitrogen and oxygen atoms in total. The Hall–Kier alpha value is -2.22. The van der Waals surface area contributed by atoms with Crippen LogP contribution in [0.25, 0.3) is 0 Å². The van der Waals surface area contributed by atoms with Crippen molar-refractivity contribution in [2.24, 2.45) is 0 Å². The summed E-state index contributed by atoms with van der Waals surface area (Å²) in [6, 6.07) is -1.83. The number of nitrogens with zero attached hydrogens (tertiary/aromatic N) is 2. The van der Waals surface area contributed by atoms with Crippen LogP contribution in [-0.4, -0.2) is 44.8 Å². The minimum absolute atomic E-state index is 0.0615. The van der Waals surface area contributed by atoms with Gasteiger partial charge in [0.05, 0.1) is 18.1 Å². The van der Waals surface area contributed by atoms with Crippen LogP contribution in [0.1, 0.15) is 6.42 Å². The topological polar surface area (TPSA) is 124 Å². The lowest BCUT2D eigenvalue weighted by Gasteiger charge is -2.13. The van der Waals surface area contributed by atoms with Crippen molar-refractivity contribution in [3.63, 3.8) is 0 Å². The molecule has 1 heterocycles. The third-order valence-electron chi connectivity index (χ3n) is 1.84. The van der Waals surface area contributed by atoms with Crippen molar-refractivity contribution in [3.8, 4) is 0 Å². The number of aliphatic hydroxyl groups is 1. The van der Waals surface area contributed by atoms with Gasteiger partial charge in [-0.3, -0.25) is 0 Å².